The Morgan fingerprint density at radius 1 is 1.50 bits per heavy atom. The van der Waals surface area contributed by atoms with Crippen molar-refractivity contribution in [2.45, 2.75) is 19.4 Å². The molecule has 4 N–H and O–H groups in total. The molecule has 1 unspecified atom stereocenters. The third-order valence-electron chi connectivity index (χ3n) is 3.03. The molecule has 0 saturated carbocycles. The van der Waals surface area contributed by atoms with E-state index in [1.807, 2.05) is 6.92 Å². The maximum absolute atomic E-state index is 12.1. The molecule has 1 amide bonds. The van der Waals surface area contributed by atoms with Crippen molar-refractivity contribution in [3.63, 3.8) is 0 Å². The van der Waals surface area contributed by atoms with E-state index in [-0.39, 0.29) is 12.0 Å². The second kappa shape index (κ2) is 7.18. The SMILES string of the molecule is CCc1cc(C(=O)NCC2COCCO2)cc(NN)n1. The van der Waals surface area contributed by atoms with Gasteiger partial charge in [0, 0.05) is 17.8 Å². The number of hydrazine groups is 1. The van der Waals surface area contributed by atoms with Crippen molar-refractivity contribution in [3.8, 4) is 0 Å². The molecule has 1 saturated heterocycles. The van der Waals surface area contributed by atoms with E-state index >= 15 is 0 Å². The van der Waals surface area contributed by atoms with Gasteiger partial charge in [0.2, 0.25) is 0 Å². The Morgan fingerprint density at radius 3 is 3.00 bits per heavy atom. The Morgan fingerprint density at radius 2 is 2.35 bits per heavy atom. The molecule has 0 spiro atoms. The number of aromatic nitrogens is 1. The van der Waals surface area contributed by atoms with Crippen LogP contribution in [0.3, 0.4) is 0 Å². The first-order valence-electron chi connectivity index (χ1n) is 6.68. The van der Waals surface area contributed by atoms with Crippen LogP contribution in [-0.2, 0) is 15.9 Å². The van der Waals surface area contributed by atoms with Crippen LogP contribution >= 0.6 is 0 Å². The van der Waals surface area contributed by atoms with Gasteiger partial charge in [0.25, 0.3) is 5.91 Å². The summed E-state index contributed by atoms with van der Waals surface area (Å²) in [6.07, 6.45) is 0.641. The highest BCUT2D eigenvalue weighted by molar-refractivity contribution is 5.95. The molecular weight excluding hydrogens is 260 g/mol. The number of anilines is 1. The summed E-state index contributed by atoms with van der Waals surface area (Å²) in [6.45, 7) is 4.08. The molecule has 1 atom stereocenters. The molecule has 7 heteroatoms. The molecule has 1 aromatic rings. The fourth-order valence-electron chi connectivity index (χ4n) is 1.94. The number of nitrogens with zero attached hydrogens (tertiary/aromatic N) is 1. The Kier molecular flexibility index (Phi) is 5.28. The van der Waals surface area contributed by atoms with Gasteiger partial charge in [-0.25, -0.2) is 10.8 Å². The summed E-state index contributed by atoms with van der Waals surface area (Å²) >= 11 is 0. The predicted molar refractivity (Wildman–Crippen MR) is 74.3 cm³/mol. The predicted octanol–water partition coefficient (Wildman–Crippen LogP) is 0.0748. The van der Waals surface area contributed by atoms with Gasteiger partial charge in [-0.15, -0.1) is 0 Å². The molecule has 1 aliphatic rings. The molecule has 1 aliphatic heterocycles. The standard InChI is InChI=1S/C13H20N4O3/c1-2-10-5-9(6-12(16-10)17-14)13(18)15-7-11-8-19-3-4-20-11/h5-6,11H,2-4,7-8,14H2,1H3,(H,15,18)(H,16,17). The van der Waals surface area contributed by atoms with Gasteiger partial charge in [-0.3, -0.25) is 4.79 Å². The number of aryl methyl sites for hydroxylation is 1. The number of hydrogen-bond donors (Lipinski definition) is 3. The minimum Gasteiger partial charge on any atom is -0.376 e. The lowest BCUT2D eigenvalue weighted by Crippen LogP contribution is -2.39. The number of nitrogens with one attached hydrogen (secondary N) is 2. The number of ether oxygens (including phenoxy) is 2. The van der Waals surface area contributed by atoms with E-state index in [1.165, 1.54) is 0 Å². The van der Waals surface area contributed by atoms with E-state index in [0.29, 0.717) is 37.7 Å². The van der Waals surface area contributed by atoms with Gasteiger partial charge in [0.15, 0.2) is 0 Å². The summed E-state index contributed by atoms with van der Waals surface area (Å²) in [6, 6.07) is 3.38. The van der Waals surface area contributed by atoms with E-state index < -0.39 is 0 Å². The van der Waals surface area contributed by atoms with Crippen LogP contribution in [0.2, 0.25) is 0 Å². The van der Waals surface area contributed by atoms with Gasteiger partial charge < -0.3 is 20.2 Å². The molecular formula is C13H20N4O3. The molecule has 1 aromatic heterocycles. The summed E-state index contributed by atoms with van der Waals surface area (Å²) in [5.41, 5.74) is 3.80. The highest BCUT2D eigenvalue weighted by Gasteiger charge is 2.16. The minimum atomic E-state index is -0.173. The first-order valence-corrected chi connectivity index (χ1v) is 6.68. The number of nitrogens with two attached hydrogens (primary N) is 1. The highest BCUT2D eigenvalue weighted by Crippen LogP contribution is 2.10. The third-order valence-corrected chi connectivity index (χ3v) is 3.03. The molecule has 0 aromatic carbocycles. The molecule has 110 valence electrons. The van der Waals surface area contributed by atoms with E-state index in [4.69, 9.17) is 15.3 Å². The number of rotatable bonds is 5. The van der Waals surface area contributed by atoms with Crippen LogP contribution in [0.5, 0.6) is 0 Å². The number of amides is 1. The summed E-state index contributed by atoms with van der Waals surface area (Å²) in [5, 5.41) is 2.83. The van der Waals surface area contributed by atoms with E-state index in [9.17, 15) is 4.79 Å². The van der Waals surface area contributed by atoms with Gasteiger partial charge in [0.1, 0.15) is 5.82 Å². The summed E-state index contributed by atoms with van der Waals surface area (Å²) in [4.78, 5) is 16.4. The van der Waals surface area contributed by atoms with Crippen molar-refractivity contribution in [1.82, 2.24) is 10.3 Å². The zero-order chi connectivity index (χ0) is 14.4. The van der Waals surface area contributed by atoms with Crippen LogP contribution in [0.1, 0.15) is 23.0 Å². The lowest BCUT2D eigenvalue weighted by Gasteiger charge is -2.23. The van der Waals surface area contributed by atoms with Crippen LogP contribution in [0.4, 0.5) is 5.82 Å². The average Bonchev–Trinajstić information content (AvgIpc) is 2.52. The zero-order valence-electron chi connectivity index (χ0n) is 11.5. The molecule has 2 heterocycles. The lowest BCUT2D eigenvalue weighted by molar-refractivity contribution is -0.0855. The zero-order valence-corrected chi connectivity index (χ0v) is 11.5. The summed E-state index contributed by atoms with van der Waals surface area (Å²) in [7, 11) is 0. The monoisotopic (exact) mass is 280 g/mol. The number of carbonyl (C=O) groups is 1. The largest absolute Gasteiger partial charge is 0.376 e. The Balaban J connectivity index is 1.97. The maximum Gasteiger partial charge on any atom is 0.251 e. The highest BCUT2D eigenvalue weighted by atomic mass is 16.6. The van der Waals surface area contributed by atoms with Crippen molar-refractivity contribution in [3.05, 3.63) is 23.4 Å². The summed E-state index contributed by atoms with van der Waals surface area (Å²) in [5.74, 6) is 5.66. The van der Waals surface area contributed by atoms with E-state index in [2.05, 4.69) is 15.7 Å². The molecule has 2 rings (SSSR count). The Labute approximate surface area is 117 Å². The van der Waals surface area contributed by atoms with Crippen LogP contribution in [0.25, 0.3) is 0 Å². The van der Waals surface area contributed by atoms with Gasteiger partial charge in [-0.2, -0.15) is 0 Å². The number of carbonyl (C=O) groups excluding carboxylic acids is 1. The fraction of sp³-hybridized carbons (Fsp3) is 0.538. The quantitative estimate of drug-likeness (QED) is 0.522. The van der Waals surface area contributed by atoms with Crippen molar-refractivity contribution in [2.24, 2.45) is 5.84 Å². The minimum absolute atomic E-state index is 0.0905. The van der Waals surface area contributed by atoms with Crippen LogP contribution in [-0.4, -0.2) is 43.4 Å². The van der Waals surface area contributed by atoms with E-state index in [0.717, 1.165) is 12.1 Å². The van der Waals surface area contributed by atoms with Crippen molar-refractivity contribution in [2.75, 3.05) is 31.8 Å². The van der Waals surface area contributed by atoms with Crippen molar-refractivity contribution in [1.29, 1.82) is 0 Å². The Bertz CT molecular complexity index is 439. The maximum atomic E-state index is 12.1. The van der Waals surface area contributed by atoms with Gasteiger partial charge in [0.05, 0.1) is 25.9 Å². The summed E-state index contributed by atoms with van der Waals surface area (Å²) < 4.78 is 10.7. The molecule has 20 heavy (non-hydrogen) atoms. The molecule has 0 radical (unpaired) electrons. The number of nitrogen functional groups attached to an aromatic ring is 1. The lowest BCUT2D eigenvalue weighted by atomic mass is 10.2. The second-order valence-corrected chi connectivity index (χ2v) is 4.51. The Hall–Kier alpha value is -1.70. The van der Waals surface area contributed by atoms with Crippen LogP contribution in [0.15, 0.2) is 12.1 Å². The molecule has 0 bridgehead atoms. The number of hydrogen-bond acceptors (Lipinski definition) is 6. The fourth-order valence-corrected chi connectivity index (χ4v) is 1.94. The first-order chi connectivity index (χ1) is 9.72. The second-order valence-electron chi connectivity index (χ2n) is 4.51. The van der Waals surface area contributed by atoms with Gasteiger partial charge in [-0.1, -0.05) is 6.92 Å². The molecule has 1 fully saturated rings. The topological polar surface area (TPSA) is 98.5 Å². The normalized spacial score (nSPS) is 18.6. The van der Waals surface area contributed by atoms with Crippen LogP contribution < -0.4 is 16.6 Å². The third kappa shape index (κ3) is 3.89. The van der Waals surface area contributed by atoms with Gasteiger partial charge >= 0.3 is 0 Å². The first kappa shape index (κ1) is 14.7. The molecule has 0 aliphatic carbocycles. The smallest absolute Gasteiger partial charge is 0.251 e. The number of pyridine rings is 1. The van der Waals surface area contributed by atoms with Crippen molar-refractivity contribution < 1.29 is 14.3 Å². The van der Waals surface area contributed by atoms with Crippen molar-refractivity contribution >= 4 is 11.7 Å². The van der Waals surface area contributed by atoms with Crippen LogP contribution in [0, 0.1) is 0 Å². The van der Waals surface area contributed by atoms with E-state index in [1.54, 1.807) is 12.1 Å². The van der Waals surface area contributed by atoms with Gasteiger partial charge in [-0.05, 0) is 18.6 Å². The molecule has 7 nitrogen and oxygen atoms in total. The average molecular weight is 280 g/mol.